The largest absolute Gasteiger partial charge is 0.456 e. The Balaban J connectivity index is 1.93. The molecule has 2 atom stereocenters. The second-order valence-electron chi connectivity index (χ2n) is 6.54. The van der Waals surface area contributed by atoms with Crippen molar-refractivity contribution >= 4 is 5.97 Å². The topological polar surface area (TPSA) is 46.5 Å². The number of esters is 1. The number of aliphatic hydroxyl groups is 1. The van der Waals surface area contributed by atoms with Crippen molar-refractivity contribution in [2.45, 2.75) is 103 Å². The Morgan fingerprint density at radius 3 is 1.91 bits per heavy atom. The van der Waals surface area contributed by atoms with Gasteiger partial charge in [0.1, 0.15) is 12.2 Å². The minimum absolute atomic E-state index is 0.344. The Hall–Kier alpha value is -0.830. The van der Waals surface area contributed by atoms with E-state index >= 15 is 0 Å². The molecule has 1 saturated heterocycles. The van der Waals surface area contributed by atoms with Crippen LogP contribution in [0.25, 0.3) is 0 Å². The molecule has 3 nitrogen and oxygen atoms in total. The molecule has 0 aliphatic carbocycles. The van der Waals surface area contributed by atoms with E-state index in [-0.39, 0.29) is 5.97 Å². The summed E-state index contributed by atoms with van der Waals surface area (Å²) >= 11 is 0. The normalized spacial score (nSPS) is 23.2. The van der Waals surface area contributed by atoms with Crippen LogP contribution in [0.15, 0.2) is 11.6 Å². The molecule has 1 aliphatic rings. The van der Waals surface area contributed by atoms with Crippen LogP contribution in [-0.4, -0.2) is 23.3 Å². The molecule has 3 heteroatoms. The van der Waals surface area contributed by atoms with Crippen molar-refractivity contribution in [1.82, 2.24) is 0 Å². The highest BCUT2D eigenvalue weighted by Gasteiger charge is 2.34. The van der Waals surface area contributed by atoms with E-state index in [4.69, 9.17) is 4.74 Å². The Morgan fingerprint density at radius 2 is 1.45 bits per heavy atom. The fraction of sp³-hybridized carbons (Fsp3) is 0.842. The zero-order valence-electron chi connectivity index (χ0n) is 14.5. The predicted octanol–water partition coefficient (Wildman–Crippen LogP) is 4.92. The fourth-order valence-corrected chi connectivity index (χ4v) is 2.95. The molecule has 1 aliphatic heterocycles. The molecule has 22 heavy (non-hydrogen) atoms. The van der Waals surface area contributed by atoms with Gasteiger partial charge in [0.05, 0.1) is 5.57 Å². The summed E-state index contributed by atoms with van der Waals surface area (Å²) in [5.41, 5.74) is 0.458. The van der Waals surface area contributed by atoms with Crippen molar-refractivity contribution in [2.24, 2.45) is 0 Å². The molecule has 1 heterocycles. The molecule has 0 radical (unpaired) electrons. The van der Waals surface area contributed by atoms with Gasteiger partial charge in [0.2, 0.25) is 0 Å². The van der Waals surface area contributed by atoms with Crippen LogP contribution in [0, 0.1) is 0 Å². The summed E-state index contributed by atoms with van der Waals surface area (Å²) in [4.78, 5) is 11.5. The molecule has 0 unspecified atom stereocenters. The molecule has 0 aromatic heterocycles. The number of unbranched alkanes of at least 4 members (excludes halogenated alkanes) is 11. The third-order valence-electron chi connectivity index (χ3n) is 4.46. The van der Waals surface area contributed by atoms with Crippen LogP contribution in [-0.2, 0) is 9.53 Å². The molecule has 1 fully saturated rings. The summed E-state index contributed by atoms with van der Waals surface area (Å²) in [5.74, 6) is -0.344. The average Bonchev–Trinajstić information content (AvgIpc) is 2.74. The zero-order chi connectivity index (χ0) is 16.2. The summed E-state index contributed by atoms with van der Waals surface area (Å²) in [6.45, 7) is 3.98. The third-order valence-corrected chi connectivity index (χ3v) is 4.46. The molecule has 0 bridgehead atoms. The Bertz CT molecular complexity index is 336. The average molecular weight is 310 g/mol. The first-order valence-corrected chi connectivity index (χ1v) is 9.26. The molecule has 1 N–H and O–H groups in total. The zero-order valence-corrected chi connectivity index (χ0v) is 14.5. The fourth-order valence-electron chi connectivity index (χ4n) is 2.95. The summed E-state index contributed by atoms with van der Waals surface area (Å²) in [5, 5.41) is 9.79. The van der Waals surface area contributed by atoms with Crippen LogP contribution in [0.1, 0.15) is 90.9 Å². The maximum Gasteiger partial charge on any atom is 0.336 e. The van der Waals surface area contributed by atoms with Crippen LogP contribution in [0.5, 0.6) is 0 Å². The first kappa shape index (κ1) is 19.2. The SMILES string of the molecule is CCCCCCCCCCCCC/C=C1\C(=O)O[C@@H](C)[C@H]1O. The molecular weight excluding hydrogens is 276 g/mol. The molecule has 0 spiro atoms. The van der Waals surface area contributed by atoms with Gasteiger partial charge in [0.15, 0.2) is 0 Å². The van der Waals surface area contributed by atoms with E-state index in [1.807, 2.05) is 6.08 Å². The molecule has 0 aromatic carbocycles. The molecule has 1 rings (SSSR count). The number of ether oxygens (including phenoxy) is 1. The van der Waals surface area contributed by atoms with Gasteiger partial charge in [0.25, 0.3) is 0 Å². The van der Waals surface area contributed by atoms with Crippen LogP contribution in [0.2, 0.25) is 0 Å². The Labute approximate surface area is 136 Å². The number of carbonyl (C=O) groups is 1. The van der Waals surface area contributed by atoms with Gasteiger partial charge >= 0.3 is 5.97 Å². The van der Waals surface area contributed by atoms with Gasteiger partial charge in [0, 0.05) is 0 Å². The monoisotopic (exact) mass is 310 g/mol. The summed E-state index contributed by atoms with van der Waals surface area (Å²) < 4.78 is 4.99. The van der Waals surface area contributed by atoms with Gasteiger partial charge < -0.3 is 9.84 Å². The van der Waals surface area contributed by atoms with Gasteiger partial charge in [-0.05, 0) is 19.8 Å². The van der Waals surface area contributed by atoms with E-state index in [1.165, 1.54) is 64.2 Å². The van der Waals surface area contributed by atoms with Crippen molar-refractivity contribution in [2.75, 3.05) is 0 Å². The van der Waals surface area contributed by atoms with Crippen molar-refractivity contribution in [3.8, 4) is 0 Å². The highest BCUT2D eigenvalue weighted by molar-refractivity contribution is 5.92. The maximum atomic E-state index is 11.5. The van der Waals surface area contributed by atoms with E-state index < -0.39 is 12.2 Å². The number of aliphatic hydroxyl groups excluding tert-OH is 1. The Morgan fingerprint density at radius 1 is 0.955 bits per heavy atom. The van der Waals surface area contributed by atoms with Gasteiger partial charge in [-0.15, -0.1) is 0 Å². The lowest BCUT2D eigenvalue weighted by atomic mass is 10.0. The molecule has 0 saturated carbocycles. The van der Waals surface area contributed by atoms with Crippen LogP contribution < -0.4 is 0 Å². The molecular formula is C19H34O3. The first-order chi connectivity index (χ1) is 10.7. The van der Waals surface area contributed by atoms with Crippen LogP contribution in [0.3, 0.4) is 0 Å². The number of cyclic esters (lactones) is 1. The summed E-state index contributed by atoms with van der Waals surface area (Å²) in [7, 11) is 0. The van der Waals surface area contributed by atoms with E-state index in [2.05, 4.69) is 6.92 Å². The van der Waals surface area contributed by atoms with Gasteiger partial charge in [-0.25, -0.2) is 4.79 Å². The quantitative estimate of drug-likeness (QED) is 0.316. The lowest BCUT2D eigenvalue weighted by Crippen LogP contribution is -2.17. The lowest BCUT2D eigenvalue weighted by molar-refractivity contribution is -0.138. The second-order valence-corrected chi connectivity index (χ2v) is 6.54. The number of rotatable bonds is 12. The van der Waals surface area contributed by atoms with Gasteiger partial charge in [-0.2, -0.15) is 0 Å². The van der Waals surface area contributed by atoms with Crippen molar-refractivity contribution in [1.29, 1.82) is 0 Å². The Kier molecular flexibility index (Phi) is 10.2. The number of hydrogen-bond donors (Lipinski definition) is 1. The van der Waals surface area contributed by atoms with Crippen LogP contribution in [0.4, 0.5) is 0 Å². The maximum absolute atomic E-state index is 11.5. The minimum Gasteiger partial charge on any atom is -0.456 e. The second kappa shape index (κ2) is 11.7. The minimum atomic E-state index is -0.736. The predicted molar refractivity (Wildman–Crippen MR) is 90.7 cm³/mol. The summed E-state index contributed by atoms with van der Waals surface area (Å²) in [6, 6.07) is 0. The van der Waals surface area contributed by atoms with Gasteiger partial charge in [-0.3, -0.25) is 0 Å². The highest BCUT2D eigenvalue weighted by atomic mass is 16.6. The van der Waals surface area contributed by atoms with E-state index in [1.54, 1.807) is 6.92 Å². The van der Waals surface area contributed by atoms with E-state index in [0.29, 0.717) is 5.57 Å². The number of carbonyl (C=O) groups excluding carboxylic acids is 1. The standard InChI is InChI=1S/C19H34O3/c1-3-4-5-6-7-8-9-10-11-12-13-14-15-17-18(20)16(2)22-19(17)21/h15-16,18,20H,3-14H2,1-2H3/b17-15-/t16-,18+/m0/s1. The van der Waals surface area contributed by atoms with E-state index in [0.717, 1.165) is 12.8 Å². The third kappa shape index (κ3) is 7.44. The van der Waals surface area contributed by atoms with Crippen molar-refractivity contribution < 1.29 is 14.6 Å². The smallest absolute Gasteiger partial charge is 0.336 e. The number of hydrogen-bond acceptors (Lipinski definition) is 3. The highest BCUT2D eigenvalue weighted by Crippen LogP contribution is 2.22. The molecule has 0 aromatic rings. The molecule has 128 valence electrons. The lowest BCUT2D eigenvalue weighted by Gasteiger charge is -2.04. The van der Waals surface area contributed by atoms with Crippen molar-refractivity contribution in [3.05, 3.63) is 11.6 Å². The number of allylic oxidation sites excluding steroid dienone is 1. The van der Waals surface area contributed by atoms with Gasteiger partial charge in [-0.1, -0.05) is 77.2 Å². The summed E-state index contributed by atoms with van der Waals surface area (Å²) in [6.07, 6.45) is 16.1. The van der Waals surface area contributed by atoms with Crippen molar-refractivity contribution in [3.63, 3.8) is 0 Å². The van der Waals surface area contributed by atoms with Crippen LogP contribution >= 0.6 is 0 Å². The first-order valence-electron chi connectivity index (χ1n) is 9.26. The molecule has 0 amide bonds. The van der Waals surface area contributed by atoms with E-state index in [9.17, 15) is 9.90 Å².